The van der Waals surface area contributed by atoms with Gasteiger partial charge in [0.1, 0.15) is 0 Å². The summed E-state index contributed by atoms with van der Waals surface area (Å²) in [6.45, 7) is 0.882. The lowest BCUT2D eigenvalue weighted by molar-refractivity contribution is -0.109. The molecular weight excluding hydrogens is 158 g/mol. The minimum absolute atomic E-state index is 0.306. The van der Waals surface area contributed by atoms with E-state index in [-0.39, 0.29) is 0 Å². The van der Waals surface area contributed by atoms with E-state index in [2.05, 4.69) is 15.6 Å². The van der Waals surface area contributed by atoms with Crippen LogP contribution in [0.1, 0.15) is 0 Å². The zero-order chi connectivity index (χ0) is 8.81. The van der Waals surface area contributed by atoms with Gasteiger partial charge < -0.3 is 10.6 Å². The van der Waals surface area contributed by atoms with E-state index in [0.29, 0.717) is 31.6 Å². The number of carbonyl (C=O) groups excluding carboxylic acids is 2. The maximum absolute atomic E-state index is 10.3. The number of amides is 1. The summed E-state index contributed by atoms with van der Waals surface area (Å²) in [6, 6.07) is 0. The van der Waals surface area contributed by atoms with Gasteiger partial charge in [0.05, 0.1) is 13.1 Å². The quantitative estimate of drug-likeness (QED) is 0.517. The van der Waals surface area contributed by atoms with E-state index in [9.17, 15) is 9.59 Å². The van der Waals surface area contributed by atoms with Crippen molar-refractivity contribution in [1.82, 2.24) is 10.6 Å². The van der Waals surface area contributed by atoms with Gasteiger partial charge in [-0.05, 0) is 6.08 Å². The summed E-state index contributed by atoms with van der Waals surface area (Å²) >= 11 is 0. The van der Waals surface area contributed by atoms with Crippen LogP contribution in [0, 0.1) is 0 Å². The molecule has 0 saturated heterocycles. The number of amidine groups is 1. The summed E-state index contributed by atoms with van der Waals surface area (Å²) in [7, 11) is 0. The van der Waals surface area contributed by atoms with Gasteiger partial charge in [-0.25, -0.2) is 0 Å². The van der Waals surface area contributed by atoms with Crippen LogP contribution in [0.5, 0.6) is 0 Å². The first-order chi connectivity index (χ1) is 5.86. The summed E-state index contributed by atoms with van der Waals surface area (Å²) in [5, 5.41) is 5.24. The Morgan fingerprint density at radius 1 is 1.67 bits per heavy atom. The Balaban J connectivity index is 2.42. The van der Waals surface area contributed by atoms with Crippen LogP contribution in [-0.2, 0) is 9.59 Å². The summed E-state index contributed by atoms with van der Waals surface area (Å²) in [5.41, 5.74) is 0.791. The van der Waals surface area contributed by atoms with Gasteiger partial charge >= 0.3 is 0 Å². The number of aldehydes is 1. The molecule has 12 heavy (non-hydrogen) atoms. The number of hydrogen-bond donors (Lipinski definition) is 2. The summed E-state index contributed by atoms with van der Waals surface area (Å²) < 4.78 is 0. The molecule has 0 aromatic carbocycles. The van der Waals surface area contributed by atoms with Crippen LogP contribution in [0.2, 0.25) is 0 Å². The van der Waals surface area contributed by atoms with Crippen molar-refractivity contribution >= 4 is 18.5 Å². The molecule has 1 aliphatic heterocycles. The molecule has 5 heteroatoms. The molecule has 0 aliphatic carbocycles. The molecule has 1 heterocycles. The van der Waals surface area contributed by atoms with Crippen molar-refractivity contribution in [2.45, 2.75) is 0 Å². The standard InChI is InChI=1S/C7H9N3O2/c11-4-7-9-2-1-6(10-7)3-8-5-12/h1,4-5H,2-3H2,(H,8,12)(H,9,10). The molecule has 0 unspecified atom stereocenters. The Kier molecular flexibility index (Phi) is 3.01. The van der Waals surface area contributed by atoms with Crippen molar-refractivity contribution in [3.05, 3.63) is 11.8 Å². The first-order valence-electron chi connectivity index (χ1n) is 3.49. The van der Waals surface area contributed by atoms with Crippen LogP contribution < -0.4 is 10.6 Å². The second-order valence-corrected chi connectivity index (χ2v) is 2.20. The SMILES string of the molecule is O=CNCC1=CCN=C(C=O)N1. The van der Waals surface area contributed by atoms with Crippen molar-refractivity contribution in [2.75, 3.05) is 13.1 Å². The number of carbonyl (C=O) groups is 2. The maximum atomic E-state index is 10.3. The Labute approximate surface area is 69.6 Å². The molecule has 5 nitrogen and oxygen atoms in total. The monoisotopic (exact) mass is 167 g/mol. The van der Waals surface area contributed by atoms with E-state index >= 15 is 0 Å². The topological polar surface area (TPSA) is 70.6 Å². The Morgan fingerprint density at radius 2 is 2.50 bits per heavy atom. The van der Waals surface area contributed by atoms with Crippen molar-refractivity contribution in [3.63, 3.8) is 0 Å². The molecule has 0 atom stereocenters. The second kappa shape index (κ2) is 4.27. The van der Waals surface area contributed by atoms with Crippen LogP contribution >= 0.6 is 0 Å². The van der Waals surface area contributed by atoms with E-state index in [1.54, 1.807) is 0 Å². The van der Waals surface area contributed by atoms with Gasteiger partial charge in [0.15, 0.2) is 12.1 Å². The van der Waals surface area contributed by atoms with Crippen LogP contribution in [0.4, 0.5) is 0 Å². The lowest BCUT2D eigenvalue weighted by Crippen LogP contribution is -2.32. The number of nitrogens with zero attached hydrogens (tertiary/aromatic N) is 1. The van der Waals surface area contributed by atoms with Crippen LogP contribution in [0.3, 0.4) is 0 Å². The average Bonchev–Trinajstić information content (AvgIpc) is 2.15. The van der Waals surface area contributed by atoms with Gasteiger partial charge in [-0.15, -0.1) is 0 Å². The van der Waals surface area contributed by atoms with Crippen LogP contribution in [-0.4, -0.2) is 31.6 Å². The molecule has 0 fully saturated rings. The lowest BCUT2D eigenvalue weighted by Gasteiger charge is -2.12. The van der Waals surface area contributed by atoms with Crippen molar-refractivity contribution < 1.29 is 9.59 Å². The van der Waals surface area contributed by atoms with Gasteiger partial charge in [0.25, 0.3) is 0 Å². The normalized spacial score (nSPS) is 15.3. The zero-order valence-electron chi connectivity index (χ0n) is 6.41. The lowest BCUT2D eigenvalue weighted by atomic mass is 10.3. The van der Waals surface area contributed by atoms with Gasteiger partial charge in [-0.3, -0.25) is 14.6 Å². The molecule has 64 valence electrons. The summed E-state index contributed by atoms with van der Waals surface area (Å²) in [6.07, 6.45) is 3.06. The number of nitrogens with one attached hydrogen (secondary N) is 2. The Bertz CT molecular complexity index is 245. The average molecular weight is 167 g/mol. The largest absolute Gasteiger partial charge is 0.353 e. The summed E-state index contributed by atoms with van der Waals surface area (Å²) in [4.78, 5) is 24.1. The first kappa shape index (κ1) is 8.45. The van der Waals surface area contributed by atoms with E-state index < -0.39 is 0 Å². The number of hydrogen-bond acceptors (Lipinski definition) is 4. The fourth-order valence-electron chi connectivity index (χ4n) is 0.844. The summed E-state index contributed by atoms with van der Waals surface area (Å²) in [5.74, 6) is 0.306. The molecule has 0 saturated carbocycles. The molecule has 0 bridgehead atoms. The van der Waals surface area contributed by atoms with E-state index in [0.717, 1.165) is 5.70 Å². The van der Waals surface area contributed by atoms with Crippen LogP contribution in [0.15, 0.2) is 16.8 Å². The highest BCUT2D eigenvalue weighted by molar-refractivity contribution is 6.27. The number of aliphatic imine (C=N–C) groups is 1. The van der Waals surface area contributed by atoms with Gasteiger partial charge in [0.2, 0.25) is 6.41 Å². The molecule has 1 aliphatic rings. The molecule has 2 N–H and O–H groups in total. The molecular formula is C7H9N3O2. The smallest absolute Gasteiger partial charge is 0.207 e. The molecule has 1 amide bonds. The third-order valence-corrected chi connectivity index (χ3v) is 1.38. The fourth-order valence-corrected chi connectivity index (χ4v) is 0.844. The van der Waals surface area contributed by atoms with Crippen molar-refractivity contribution in [3.8, 4) is 0 Å². The highest BCUT2D eigenvalue weighted by Crippen LogP contribution is 1.93. The van der Waals surface area contributed by atoms with E-state index in [1.165, 1.54) is 0 Å². The zero-order valence-corrected chi connectivity index (χ0v) is 6.41. The minimum atomic E-state index is 0.306. The maximum Gasteiger partial charge on any atom is 0.207 e. The molecule has 1 rings (SSSR count). The molecule has 0 spiro atoms. The number of rotatable bonds is 4. The fraction of sp³-hybridized carbons (Fsp3) is 0.286. The van der Waals surface area contributed by atoms with Gasteiger partial charge in [-0.2, -0.15) is 0 Å². The molecule has 0 aromatic heterocycles. The predicted octanol–water partition coefficient (Wildman–Crippen LogP) is -1.18. The minimum Gasteiger partial charge on any atom is -0.353 e. The Morgan fingerprint density at radius 3 is 3.17 bits per heavy atom. The van der Waals surface area contributed by atoms with Crippen LogP contribution in [0.25, 0.3) is 0 Å². The highest BCUT2D eigenvalue weighted by Gasteiger charge is 2.04. The molecule has 0 aromatic rings. The predicted molar refractivity (Wildman–Crippen MR) is 43.7 cm³/mol. The Hall–Kier alpha value is -1.65. The third-order valence-electron chi connectivity index (χ3n) is 1.38. The van der Waals surface area contributed by atoms with Crippen molar-refractivity contribution in [2.24, 2.45) is 4.99 Å². The van der Waals surface area contributed by atoms with E-state index in [4.69, 9.17) is 0 Å². The molecule has 0 radical (unpaired) electrons. The highest BCUT2D eigenvalue weighted by atomic mass is 16.1. The first-order valence-corrected chi connectivity index (χ1v) is 3.49. The van der Waals surface area contributed by atoms with Crippen molar-refractivity contribution in [1.29, 1.82) is 0 Å². The van der Waals surface area contributed by atoms with Gasteiger partial charge in [0, 0.05) is 5.70 Å². The van der Waals surface area contributed by atoms with Gasteiger partial charge in [-0.1, -0.05) is 0 Å². The second-order valence-electron chi connectivity index (χ2n) is 2.20. The van der Waals surface area contributed by atoms with E-state index in [1.807, 2.05) is 6.08 Å². The third kappa shape index (κ3) is 2.19.